The number of fused-ring (bicyclic) bond motifs is 5. The maximum absolute atomic E-state index is 9.92. The lowest BCUT2D eigenvalue weighted by atomic mass is 9.55. The van der Waals surface area contributed by atoms with E-state index < -0.39 is 11.6 Å². The summed E-state index contributed by atoms with van der Waals surface area (Å²) in [7, 11) is 3.34. The molecular weight excluding hydrogens is 406 g/mol. The Labute approximate surface area is 192 Å². The van der Waals surface area contributed by atoms with E-state index in [2.05, 4.69) is 18.1 Å². The van der Waals surface area contributed by atoms with Crippen molar-refractivity contribution in [3.05, 3.63) is 29.3 Å². The van der Waals surface area contributed by atoms with E-state index >= 15 is 0 Å². The molecule has 0 saturated heterocycles. The maximum atomic E-state index is 9.92. The normalized spacial score (nSPS) is 33.5. The first kappa shape index (κ1) is 23.5. The number of rotatable bonds is 6. The number of benzene rings is 1. The Morgan fingerprint density at radius 2 is 1.75 bits per heavy atom. The third-order valence-electron chi connectivity index (χ3n) is 8.41. The predicted octanol–water partition coefficient (Wildman–Crippen LogP) is 5.71. The van der Waals surface area contributed by atoms with Crippen LogP contribution in [-0.2, 0) is 14.2 Å². The van der Waals surface area contributed by atoms with Crippen LogP contribution in [0.25, 0.3) is 0 Å². The zero-order valence-electron chi connectivity index (χ0n) is 20.6. The molecule has 4 rings (SSSR count). The van der Waals surface area contributed by atoms with E-state index in [1.807, 2.05) is 39.8 Å². The van der Waals surface area contributed by atoms with Crippen LogP contribution in [0.1, 0.15) is 83.8 Å². The van der Waals surface area contributed by atoms with Crippen LogP contribution in [0.3, 0.4) is 0 Å². The molecule has 0 aromatic heterocycles. The molecule has 0 bridgehead atoms. The Morgan fingerprint density at radius 1 is 1.03 bits per heavy atom. The monoisotopic (exact) mass is 445 g/mol. The lowest BCUT2D eigenvalue weighted by Gasteiger charge is -2.51. The van der Waals surface area contributed by atoms with E-state index in [0.717, 1.165) is 49.1 Å². The fourth-order valence-electron chi connectivity index (χ4n) is 6.42. The molecule has 3 aliphatic carbocycles. The zero-order valence-corrected chi connectivity index (χ0v) is 20.6. The van der Waals surface area contributed by atoms with Crippen molar-refractivity contribution in [3.63, 3.8) is 0 Å². The summed E-state index contributed by atoms with van der Waals surface area (Å²) in [6.45, 7) is 10.1. The fraction of sp³-hybridized carbons (Fsp3) is 0.731. The second-order valence-electron chi connectivity index (χ2n) is 10.9. The van der Waals surface area contributed by atoms with E-state index in [0.29, 0.717) is 17.8 Å². The molecular formula is C26H39NO5. The van der Waals surface area contributed by atoms with Gasteiger partial charge in [-0.15, -0.1) is 0 Å². The number of ether oxygens (including phenoxy) is 4. The summed E-state index contributed by atoms with van der Waals surface area (Å²) in [4.78, 5) is 0. The van der Waals surface area contributed by atoms with Crippen molar-refractivity contribution in [1.29, 1.82) is 0 Å². The molecule has 32 heavy (non-hydrogen) atoms. The van der Waals surface area contributed by atoms with Gasteiger partial charge in [-0.25, -0.2) is 0 Å². The van der Waals surface area contributed by atoms with Gasteiger partial charge < -0.3 is 24.2 Å². The van der Waals surface area contributed by atoms with Gasteiger partial charge in [0.15, 0.2) is 5.79 Å². The van der Waals surface area contributed by atoms with Crippen LogP contribution in [0.4, 0.5) is 0 Å². The van der Waals surface area contributed by atoms with Gasteiger partial charge in [0.1, 0.15) is 5.75 Å². The van der Waals surface area contributed by atoms with Crippen LogP contribution in [0.5, 0.6) is 5.75 Å². The number of methoxy groups -OCH3 is 2. The molecule has 3 unspecified atom stereocenters. The molecule has 6 nitrogen and oxygen atoms in total. The van der Waals surface area contributed by atoms with Crippen LogP contribution in [0, 0.1) is 17.3 Å². The summed E-state index contributed by atoms with van der Waals surface area (Å²) in [5, 5.41) is 13.7. The highest BCUT2D eigenvalue weighted by atomic mass is 16.7. The Morgan fingerprint density at radius 3 is 2.41 bits per heavy atom. The summed E-state index contributed by atoms with van der Waals surface area (Å²) in [5.74, 6) is 0.881. The molecule has 0 amide bonds. The van der Waals surface area contributed by atoms with Gasteiger partial charge >= 0.3 is 0 Å². The summed E-state index contributed by atoms with van der Waals surface area (Å²) in [6.07, 6.45) is 5.40. The smallest absolute Gasteiger partial charge is 0.204 e. The van der Waals surface area contributed by atoms with E-state index in [1.165, 1.54) is 5.56 Å². The number of oxime groups is 1. The molecule has 0 radical (unpaired) electrons. The average Bonchev–Trinajstić information content (AvgIpc) is 3.08. The Hall–Kier alpha value is -1.63. The zero-order chi connectivity index (χ0) is 23.3. The third kappa shape index (κ3) is 4.06. The van der Waals surface area contributed by atoms with Crippen LogP contribution in [0.2, 0.25) is 0 Å². The average molecular weight is 446 g/mol. The van der Waals surface area contributed by atoms with Crippen molar-refractivity contribution >= 4 is 5.71 Å². The quantitative estimate of drug-likeness (QED) is 0.345. The molecule has 0 spiro atoms. The van der Waals surface area contributed by atoms with Gasteiger partial charge in [-0.05, 0) is 86.8 Å². The first-order valence-electron chi connectivity index (χ1n) is 11.9. The number of hydrogen-bond donors (Lipinski definition) is 1. The third-order valence-corrected chi connectivity index (χ3v) is 8.41. The van der Waals surface area contributed by atoms with Crippen molar-refractivity contribution in [2.45, 2.75) is 90.3 Å². The van der Waals surface area contributed by atoms with E-state index in [-0.39, 0.29) is 11.5 Å². The standard InChI is InChI=1S/C26H39NO5/c1-24(2,29-6)31-16-8-9-17-18-12-13-26(5)21(10-11-23(26)32-25(3,4)30-7)19(18)15-22(27-28)20(17)14-16/h8-9,14,18-19,21,23,28H,10-13,15H2,1-7H3/b27-22+/t18?,19?,21?,23-,26-/m0/s1. The Kier molecular flexibility index (Phi) is 6.10. The lowest BCUT2D eigenvalue weighted by molar-refractivity contribution is -0.245. The topological polar surface area (TPSA) is 69.5 Å². The first-order chi connectivity index (χ1) is 15.0. The number of nitrogens with zero attached hydrogens (tertiary/aromatic N) is 1. The molecule has 6 heteroatoms. The molecule has 1 aromatic carbocycles. The summed E-state index contributed by atoms with van der Waals surface area (Å²) in [5.41, 5.74) is 3.15. The molecule has 2 fully saturated rings. The minimum atomic E-state index is -0.719. The minimum Gasteiger partial charge on any atom is -0.463 e. The van der Waals surface area contributed by atoms with Crippen molar-refractivity contribution < 1.29 is 24.2 Å². The highest BCUT2D eigenvalue weighted by molar-refractivity contribution is 6.03. The molecule has 0 aliphatic heterocycles. The van der Waals surface area contributed by atoms with Crippen LogP contribution in [-0.4, -0.2) is 42.8 Å². The van der Waals surface area contributed by atoms with Crippen molar-refractivity contribution in [2.24, 2.45) is 22.4 Å². The molecule has 3 aliphatic rings. The van der Waals surface area contributed by atoms with E-state index in [1.54, 1.807) is 14.2 Å². The largest absolute Gasteiger partial charge is 0.463 e. The van der Waals surface area contributed by atoms with Crippen LogP contribution < -0.4 is 4.74 Å². The summed E-state index contributed by atoms with van der Waals surface area (Å²) < 4.78 is 23.5. The van der Waals surface area contributed by atoms with Crippen molar-refractivity contribution in [2.75, 3.05) is 14.2 Å². The highest BCUT2D eigenvalue weighted by Crippen LogP contribution is 2.62. The van der Waals surface area contributed by atoms with Gasteiger partial charge in [0.25, 0.3) is 0 Å². The SMILES string of the molecule is COC(C)(C)Oc1ccc2c(c1)/C(=N/O)CC1C2CC[C@@]2(C)C1CC[C@@H]2OC(C)(C)OC. The second-order valence-corrected chi connectivity index (χ2v) is 10.9. The molecule has 2 saturated carbocycles. The first-order valence-corrected chi connectivity index (χ1v) is 11.9. The fourth-order valence-corrected chi connectivity index (χ4v) is 6.42. The minimum absolute atomic E-state index is 0.112. The molecule has 178 valence electrons. The van der Waals surface area contributed by atoms with Gasteiger partial charge in [-0.3, -0.25) is 0 Å². The summed E-state index contributed by atoms with van der Waals surface area (Å²) in [6, 6.07) is 6.20. The maximum Gasteiger partial charge on any atom is 0.204 e. The molecule has 1 aromatic rings. The molecule has 1 N–H and O–H groups in total. The van der Waals surface area contributed by atoms with Crippen molar-refractivity contribution in [3.8, 4) is 5.75 Å². The lowest BCUT2D eigenvalue weighted by Crippen LogP contribution is -2.47. The Bertz CT molecular complexity index is 879. The second kappa shape index (κ2) is 8.30. The van der Waals surface area contributed by atoms with Crippen LogP contribution in [0.15, 0.2) is 23.4 Å². The van der Waals surface area contributed by atoms with Gasteiger partial charge in [0.05, 0.1) is 11.8 Å². The number of hydrogen-bond acceptors (Lipinski definition) is 6. The van der Waals surface area contributed by atoms with Gasteiger partial charge in [0, 0.05) is 33.6 Å². The van der Waals surface area contributed by atoms with E-state index in [4.69, 9.17) is 18.9 Å². The Balaban J connectivity index is 1.62. The van der Waals surface area contributed by atoms with E-state index in [9.17, 15) is 5.21 Å². The molecule has 5 atom stereocenters. The summed E-state index contributed by atoms with van der Waals surface area (Å²) >= 11 is 0. The van der Waals surface area contributed by atoms with Crippen LogP contribution >= 0.6 is 0 Å². The van der Waals surface area contributed by atoms with Gasteiger partial charge in [0.2, 0.25) is 5.79 Å². The van der Waals surface area contributed by atoms with Gasteiger partial charge in [-0.1, -0.05) is 18.1 Å². The highest BCUT2D eigenvalue weighted by Gasteiger charge is 2.57. The van der Waals surface area contributed by atoms with Crippen molar-refractivity contribution in [1.82, 2.24) is 0 Å². The predicted molar refractivity (Wildman–Crippen MR) is 123 cm³/mol. The van der Waals surface area contributed by atoms with Gasteiger partial charge in [-0.2, -0.15) is 0 Å². The molecule has 0 heterocycles.